The Morgan fingerprint density at radius 2 is 1.71 bits per heavy atom. The monoisotopic (exact) mass is 415 g/mol. The molecule has 0 radical (unpaired) electrons. The van der Waals surface area contributed by atoms with Crippen LogP contribution in [-0.4, -0.2) is 49.7 Å². The fourth-order valence-electron chi connectivity index (χ4n) is 2.33. The van der Waals surface area contributed by atoms with Crippen molar-refractivity contribution in [3.63, 3.8) is 0 Å². The predicted molar refractivity (Wildman–Crippen MR) is 95.1 cm³/mol. The molecule has 1 aromatic rings. The molecule has 1 amide bonds. The molecule has 1 atom stereocenters. The summed E-state index contributed by atoms with van der Waals surface area (Å²) >= 11 is 0. The van der Waals surface area contributed by atoms with Crippen LogP contribution in [0.5, 0.6) is 0 Å². The summed E-state index contributed by atoms with van der Waals surface area (Å²) in [6.07, 6.45) is -3.17. The Morgan fingerprint density at radius 3 is 2.21 bits per heavy atom. The van der Waals surface area contributed by atoms with Crippen molar-refractivity contribution in [3.05, 3.63) is 35.1 Å². The number of nitrogens with zero attached hydrogens (tertiary/aromatic N) is 1. The predicted octanol–water partition coefficient (Wildman–Crippen LogP) is 3.39. The highest BCUT2D eigenvalue weighted by Gasteiger charge is 2.18. The largest absolute Gasteiger partial charge is 0.386 e. The molecule has 4 nitrogen and oxygen atoms in total. The fraction of sp³-hybridized carbons (Fsp3) is 0.611. The molecular formula is C18H27F6N3O. The highest BCUT2D eigenvalue weighted by atomic mass is 19.4. The molecular weight excluding hydrogens is 388 g/mol. The van der Waals surface area contributed by atoms with Gasteiger partial charge < -0.3 is 16.0 Å². The van der Waals surface area contributed by atoms with Crippen molar-refractivity contribution in [1.29, 1.82) is 0 Å². The van der Waals surface area contributed by atoms with E-state index >= 15 is 0 Å². The number of benzene rings is 1. The minimum atomic E-state index is -4.00. The van der Waals surface area contributed by atoms with Crippen LogP contribution in [0.25, 0.3) is 0 Å². The Hall–Kier alpha value is -1.81. The Morgan fingerprint density at radius 1 is 1.18 bits per heavy atom. The van der Waals surface area contributed by atoms with Crippen molar-refractivity contribution in [3.8, 4) is 0 Å². The third kappa shape index (κ3) is 11.8. The average molecular weight is 415 g/mol. The summed E-state index contributed by atoms with van der Waals surface area (Å²) in [6.45, 7) is 4.04. The molecule has 10 heteroatoms. The van der Waals surface area contributed by atoms with Crippen LogP contribution in [0.1, 0.15) is 32.3 Å². The Bertz CT molecular complexity index is 604. The third-order valence-corrected chi connectivity index (χ3v) is 3.60. The maximum Gasteiger partial charge on any atom is 0.386 e. The zero-order valence-corrected chi connectivity index (χ0v) is 16.2. The molecule has 1 aromatic carbocycles. The van der Waals surface area contributed by atoms with Crippen LogP contribution < -0.4 is 11.1 Å². The first-order valence-corrected chi connectivity index (χ1v) is 8.77. The Kier molecular flexibility index (Phi) is 11.8. The maximum atomic E-state index is 13.6. The van der Waals surface area contributed by atoms with Gasteiger partial charge in [0.05, 0.1) is 0 Å². The lowest BCUT2D eigenvalue weighted by Crippen LogP contribution is -2.38. The van der Waals surface area contributed by atoms with E-state index in [-0.39, 0.29) is 31.2 Å². The minimum absolute atomic E-state index is 0.0250. The first kappa shape index (κ1) is 26.2. The summed E-state index contributed by atoms with van der Waals surface area (Å²) in [4.78, 5) is 13.9. The molecule has 1 rings (SSSR count). The molecule has 0 saturated carbocycles. The van der Waals surface area contributed by atoms with Crippen molar-refractivity contribution < 1.29 is 31.1 Å². The lowest BCUT2D eigenvalue weighted by atomic mass is 10.0. The van der Waals surface area contributed by atoms with Gasteiger partial charge in [-0.25, -0.2) is 13.2 Å². The van der Waals surface area contributed by atoms with Gasteiger partial charge in [0.15, 0.2) is 11.6 Å². The molecule has 0 aromatic heterocycles. The summed E-state index contributed by atoms with van der Waals surface area (Å²) in [6, 6.07) is 0.634. The number of hydrogen-bond donors (Lipinski definition) is 2. The van der Waals surface area contributed by atoms with Crippen molar-refractivity contribution in [2.45, 2.75) is 45.3 Å². The summed E-state index contributed by atoms with van der Waals surface area (Å²) in [5.41, 5.74) is 5.84. The van der Waals surface area contributed by atoms with Gasteiger partial charge >= 0.3 is 6.18 Å². The molecule has 162 valence electrons. The molecule has 1 unspecified atom stereocenters. The van der Waals surface area contributed by atoms with E-state index in [1.165, 1.54) is 0 Å². The van der Waals surface area contributed by atoms with Gasteiger partial charge in [-0.1, -0.05) is 0 Å². The molecule has 0 bridgehead atoms. The van der Waals surface area contributed by atoms with Crippen LogP contribution in [0.2, 0.25) is 0 Å². The average Bonchev–Trinajstić information content (AvgIpc) is 2.55. The van der Waals surface area contributed by atoms with Crippen molar-refractivity contribution >= 4 is 5.91 Å². The Balaban J connectivity index is 0.00000129. The van der Waals surface area contributed by atoms with Gasteiger partial charge in [-0.15, -0.1) is 0 Å². The standard InChI is InChI=1S/C16H24F3N3O.C2H3F3/c1-3-22(6-4-5-21-2)16(23)9-12(20)7-11-8-14(18)15(19)10-13(11)17;1-2(3,4)5/h8,10,12,21H,3-7,9,20H2,1-2H3;1H3. The number of nitrogens with one attached hydrogen (secondary N) is 1. The first-order valence-electron chi connectivity index (χ1n) is 8.77. The molecule has 0 saturated heterocycles. The number of carbonyl (C=O) groups excluding carboxylic acids is 1. The molecule has 0 fully saturated rings. The zero-order valence-electron chi connectivity index (χ0n) is 16.2. The molecule has 0 aliphatic carbocycles. The first-order chi connectivity index (χ1) is 12.9. The van der Waals surface area contributed by atoms with Crippen LogP contribution in [0.4, 0.5) is 26.3 Å². The van der Waals surface area contributed by atoms with E-state index in [0.717, 1.165) is 19.0 Å². The van der Waals surface area contributed by atoms with E-state index < -0.39 is 29.7 Å². The smallest absolute Gasteiger partial charge is 0.343 e. The Labute approximate surface area is 161 Å². The molecule has 3 N–H and O–H groups in total. The lowest BCUT2D eigenvalue weighted by molar-refractivity contribution is -0.131. The van der Waals surface area contributed by atoms with E-state index in [1.54, 1.807) is 4.90 Å². The summed E-state index contributed by atoms with van der Waals surface area (Å²) < 4.78 is 70.7. The molecule has 28 heavy (non-hydrogen) atoms. The SMILES string of the molecule is CC(F)(F)F.CCN(CCCNC)C(=O)CC(N)Cc1cc(F)c(F)cc1F. The van der Waals surface area contributed by atoms with E-state index in [1.807, 2.05) is 14.0 Å². The number of alkyl halides is 3. The van der Waals surface area contributed by atoms with Crippen LogP contribution >= 0.6 is 0 Å². The van der Waals surface area contributed by atoms with Gasteiger partial charge in [0.1, 0.15) is 5.82 Å². The number of hydrogen-bond acceptors (Lipinski definition) is 3. The van der Waals surface area contributed by atoms with Crippen LogP contribution in [0.3, 0.4) is 0 Å². The van der Waals surface area contributed by atoms with Crippen LogP contribution in [-0.2, 0) is 11.2 Å². The topological polar surface area (TPSA) is 58.4 Å². The van der Waals surface area contributed by atoms with Crippen molar-refractivity contribution in [2.75, 3.05) is 26.7 Å². The van der Waals surface area contributed by atoms with Gasteiger partial charge in [0, 0.05) is 38.5 Å². The zero-order chi connectivity index (χ0) is 21.9. The second kappa shape index (κ2) is 12.6. The van der Waals surface area contributed by atoms with Crippen LogP contribution in [0.15, 0.2) is 12.1 Å². The van der Waals surface area contributed by atoms with E-state index in [0.29, 0.717) is 19.2 Å². The summed E-state index contributed by atoms with van der Waals surface area (Å²) in [7, 11) is 1.84. The van der Waals surface area contributed by atoms with E-state index in [9.17, 15) is 31.1 Å². The number of amides is 1. The molecule has 0 heterocycles. The fourth-order valence-corrected chi connectivity index (χ4v) is 2.33. The van der Waals surface area contributed by atoms with Gasteiger partial charge in [0.2, 0.25) is 5.91 Å². The van der Waals surface area contributed by atoms with Crippen molar-refractivity contribution in [1.82, 2.24) is 10.2 Å². The minimum Gasteiger partial charge on any atom is -0.343 e. The van der Waals surface area contributed by atoms with E-state index in [2.05, 4.69) is 5.32 Å². The number of halogens is 6. The highest BCUT2D eigenvalue weighted by Crippen LogP contribution is 2.16. The van der Waals surface area contributed by atoms with Gasteiger partial charge in [-0.2, -0.15) is 13.2 Å². The van der Waals surface area contributed by atoms with E-state index in [4.69, 9.17) is 5.73 Å². The molecule has 0 aliphatic heterocycles. The lowest BCUT2D eigenvalue weighted by Gasteiger charge is -2.23. The number of carbonyl (C=O) groups is 1. The molecule has 0 spiro atoms. The number of rotatable bonds is 9. The normalized spacial score (nSPS) is 12.2. The van der Waals surface area contributed by atoms with Crippen LogP contribution in [0, 0.1) is 17.5 Å². The van der Waals surface area contributed by atoms with Gasteiger partial charge in [-0.05, 0) is 45.0 Å². The summed E-state index contributed by atoms with van der Waals surface area (Å²) in [5, 5.41) is 3.01. The molecule has 0 aliphatic rings. The van der Waals surface area contributed by atoms with Gasteiger partial charge in [0.25, 0.3) is 0 Å². The quantitative estimate of drug-likeness (QED) is 0.369. The van der Waals surface area contributed by atoms with Crippen molar-refractivity contribution in [2.24, 2.45) is 5.73 Å². The number of nitrogens with two attached hydrogens (primary N) is 1. The second-order valence-corrected chi connectivity index (χ2v) is 6.24. The second-order valence-electron chi connectivity index (χ2n) is 6.24. The highest BCUT2D eigenvalue weighted by molar-refractivity contribution is 5.76. The van der Waals surface area contributed by atoms with Gasteiger partial charge in [-0.3, -0.25) is 4.79 Å². The maximum absolute atomic E-state index is 13.6. The third-order valence-electron chi connectivity index (χ3n) is 3.60. The summed E-state index contributed by atoms with van der Waals surface area (Å²) in [5.74, 6) is -3.34.